The molecule has 3 rings (SSSR count). The molecule has 1 heterocycles. The average Bonchev–Trinajstić information content (AvgIpc) is 2.87. The van der Waals surface area contributed by atoms with Gasteiger partial charge in [0.1, 0.15) is 0 Å². The lowest BCUT2D eigenvalue weighted by atomic mass is 10.2. The first-order valence-corrected chi connectivity index (χ1v) is 12.3. The first-order valence-electron chi connectivity index (χ1n) is 10.8. The van der Waals surface area contributed by atoms with Gasteiger partial charge in [0.2, 0.25) is 10.0 Å². The SMILES string of the molecule is CCOc1ccc(/C=C/C(=O)OCC(=O)N2CCN(S(=O)(=O)c3ccccc3)CC2)cc1OC. The second-order valence-electron chi connectivity index (χ2n) is 7.38. The normalized spacial score (nSPS) is 14.7. The van der Waals surface area contributed by atoms with Gasteiger partial charge >= 0.3 is 5.97 Å². The highest BCUT2D eigenvalue weighted by molar-refractivity contribution is 7.89. The highest BCUT2D eigenvalue weighted by Gasteiger charge is 2.30. The monoisotopic (exact) mass is 488 g/mol. The molecule has 9 nitrogen and oxygen atoms in total. The first kappa shape index (κ1) is 25.3. The molecule has 2 aromatic carbocycles. The smallest absolute Gasteiger partial charge is 0.331 e. The van der Waals surface area contributed by atoms with Crippen molar-refractivity contribution in [3.63, 3.8) is 0 Å². The first-order chi connectivity index (χ1) is 16.3. The largest absolute Gasteiger partial charge is 0.493 e. The van der Waals surface area contributed by atoms with Crippen molar-refractivity contribution < 1.29 is 32.2 Å². The number of ether oxygens (including phenoxy) is 3. The van der Waals surface area contributed by atoms with E-state index in [1.54, 1.807) is 54.6 Å². The van der Waals surface area contributed by atoms with Crippen LogP contribution in [0.4, 0.5) is 0 Å². The van der Waals surface area contributed by atoms with Crippen molar-refractivity contribution in [1.82, 2.24) is 9.21 Å². The van der Waals surface area contributed by atoms with E-state index < -0.39 is 22.6 Å². The lowest BCUT2D eigenvalue weighted by Gasteiger charge is -2.33. The summed E-state index contributed by atoms with van der Waals surface area (Å²) in [6, 6.07) is 13.4. The minimum absolute atomic E-state index is 0.177. The van der Waals surface area contributed by atoms with E-state index in [9.17, 15) is 18.0 Å². The number of piperazine rings is 1. The van der Waals surface area contributed by atoms with Crippen molar-refractivity contribution in [2.75, 3.05) is 46.5 Å². The van der Waals surface area contributed by atoms with Gasteiger partial charge in [-0.2, -0.15) is 4.31 Å². The second kappa shape index (κ2) is 11.7. The van der Waals surface area contributed by atoms with Gasteiger partial charge in [0.25, 0.3) is 5.91 Å². The van der Waals surface area contributed by atoms with Crippen LogP contribution in [0.3, 0.4) is 0 Å². The standard InChI is InChI=1S/C24H28N2O7S/c1-3-32-21-11-9-19(17-22(21)31-2)10-12-24(28)33-18-23(27)25-13-15-26(16-14-25)34(29,30)20-7-5-4-6-8-20/h4-12,17H,3,13-16,18H2,1-2H3/b12-10+. The molecule has 0 atom stereocenters. The lowest BCUT2D eigenvalue weighted by molar-refractivity contribution is -0.148. The molecular weight excluding hydrogens is 460 g/mol. The zero-order valence-electron chi connectivity index (χ0n) is 19.2. The van der Waals surface area contributed by atoms with Crippen LogP contribution in [-0.4, -0.2) is 76.0 Å². The maximum absolute atomic E-state index is 12.7. The van der Waals surface area contributed by atoms with Gasteiger partial charge in [0.05, 0.1) is 18.6 Å². The summed E-state index contributed by atoms with van der Waals surface area (Å²) in [6.07, 6.45) is 2.78. The molecule has 182 valence electrons. The van der Waals surface area contributed by atoms with E-state index in [1.165, 1.54) is 22.4 Å². The zero-order valence-corrected chi connectivity index (χ0v) is 20.0. The van der Waals surface area contributed by atoms with E-state index in [1.807, 2.05) is 6.92 Å². The van der Waals surface area contributed by atoms with Crippen LogP contribution in [0.5, 0.6) is 11.5 Å². The van der Waals surface area contributed by atoms with E-state index in [2.05, 4.69) is 0 Å². The molecule has 10 heteroatoms. The molecule has 1 fully saturated rings. The number of hydrogen-bond donors (Lipinski definition) is 0. The Hall–Kier alpha value is -3.37. The number of benzene rings is 2. The fourth-order valence-electron chi connectivity index (χ4n) is 3.42. The molecule has 2 aromatic rings. The molecule has 0 spiro atoms. The van der Waals surface area contributed by atoms with Gasteiger partial charge in [-0.3, -0.25) is 4.79 Å². The third-order valence-electron chi connectivity index (χ3n) is 5.21. The summed E-state index contributed by atoms with van der Waals surface area (Å²) in [5, 5.41) is 0. The molecule has 1 saturated heterocycles. The maximum atomic E-state index is 12.7. The number of esters is 1. The number of hydrogen-bond acceptors (Lipinski definition) is 7. The Labute approximate surface area is 199 Å². The third kappa shape index (κ3) is 6.36. The highest BCUT2D eigenvalue weighted by Crippen LogP contribution is 2.28. The number of carbonyl (C=O) groups excluding carboxylic acids is 2. The topological polar surface area (TPSA) is 102 Å². The zero-order chi connectivity index (χ0) is 24.6. The molecule has 1 aliphatic heterocycles. The van der Waals surface area contributed by atoms with Gasteiger partial charge in [0.15, 0.2) is 18.1 Å². The van der Waals surface area contributed by atoms with Crippen molar-refractivity contribution in [3.8, 4) is 11.5 Å². The van der Waals surface area contributed by atoms with Crippen molar-refractivity contribution in [2.24, 2.45) is 0 Å². The Kier molecular flexibility index (Phi) is 8.67. The Morgan fingerprint density at radius 1 is 1.00 bits per heavy atom. The number of nitrogens with zero attached hydrogens (tertiary/aromatic N) is 2. The van der Waals surface area contributed by atoms with Crippen LogP contribution in [0.15, 0.2) is 59.5 Å². The summed E-state index contributed by atoms with van der Waals surface area (Å²) < 4.78 is 42.5. The molecule has 0 aromatic heterocycles. The van der Waals surface area contributed by atoms with E-state index >= 15 is 0 Å². The van der Waals surface area contributed by atoms with Crippen LogP contribution in [0.2, 0.25) is 0 Å². The summed E-state index contributed by atoms with van der Waals surface area (Å²) in [6.45, 7) is 2.77. The molecular formula is C24H28N2O7S. The van der Waals surface area contributed by atoms with Crippen LogP contribution in [-0.2, 0) is 24.3 Å². The van der Waals surface area contributed by atoms with E-state index in [0.29, 0.717) is 23.7 Å². The van der Waals surface area contributed by atoms with E-state index in [4.69, 9.17) is 14.2 Å². The van der Waals surface area contributed by atoms with Crippen LogP contribution in [0.1, 0.15) is 12.5 Å². The number of rotatable bonds is 9. The summed E-state index contributed by atoms with van der Waals surface area (Å²) >= 11 is 0. The predicted octanol–water partition coefficient (Wildman–Crippen LogP) is 2.18. The Morgan fingerprint density at radius 2 is 1.71 bits per heavy atom. The van der Waals surface area contributed by atoms with Crippen molar-refractivity contribution in [2.45, 2.75) is 11.8 Å². The average molecular weight is 489 g/mol. The van der Waals surface area contributed by atoms with Gasteiger partial charge in [-0.05, 0) is 42.8 Å². The fourth-order valence-corrected chi connectivity index (χ4v) is 4.86. The molecule has 0 saturated carbocycles. The number of sulfonamides is 1. The quantitative estimate of drug-likeness (QED) is 0.394. The van der Waals surface area contributed by atoms with E-state index in [-0.39, 0.29) is 37.0 Å². The summed E-state index contributed by atoms with van der Waals surface area (Å²) in [4.78, 5) is 26.2. The number of carbonyl (C=O) groups is 2. The van der Waals surface area contributed by atoms with Gasteiger partial charge in [-0.25, -0.2) is 13.2 Å². The molecule has 34 heavy (non-hydrogen) atoms. The van der Waals surface area contributed by atoms with E-state index in [0.717, 1.165) is 0 Å². The number of methoxy groups -OCH3 is 1. The minimum Gasteiger partial charge on any atom is -0.493 e. The summed E-state index contributed by atoms with van der Waals surface area (Å²) in [5.74, 6) is 0.112. The summed E-state index contributed by atoms with van der Waals surface area (Å²) in [5.41, 5.74) is 0.708. The molecule has 0 bridgehead atoms. The van der Waals surface area contributed by atoms with Crippen molar-refractivity contribution in [3.05, 3.63) is 60.2 Å². The Morgan fingerprint density at radius 3 is 2.35 bits per heavy atom. The molecule has 0 N–H and O–H groups in total. The molecule has 0 radical (unpaired) electrons. The molecule has 0 unspecified atom stereocenters. The molecule has 1 aliphatic rings. The lowest BCUT2D eigenvalue weighted by Crippen LogP contribution is -2.51. The Balaban J connectivity index is 1.47. The van der Waals surface area contributed by atoms with Crippen LogP contribution in [0.25, 0.3) is 6.08 Å². The Bertz CT molecular complexity index is 1130. The second-order valence-corrected chi connectivity index (χ2v) is 9.32. The van der Waals surface area contributed by atoms with Gasteiger partial charge in [0, 0.05) is 32.3 Å². The summed E-state index contributed by atoms with van der Waals surface area (Å²) in [7, 11) is -2.07. The van der Waals surface area contributed by atoms with Gasteiger partial charge < -0.3 is 19.1 Å². The predicted molar refractivity (Wildman–Crippen MR) is 126 cm³/mol. The number of amides is 1. The van der Waals surface area contributed by atoms with Crippen LogP contribution >= 0.6 is 0 Å². The third-order valence-corrected chi connectivity index (χ3v) is 7.12. The fraction of sp³-hybridized carbons (Fsp3) is 0.333. The van der Waals surface area contributed by atoms with Gasteiger partial charge in [-0.1, -0.05) is 24.3 Å². The minimum atomic E-state index is -3.60. The van der Waals surface area contributed by atoms with Crippen LogP contribution in [0, 0.1) is 0 Å². The molecule has 0 aliphatic carbocycles. The van der Waals surface area contributed by atoms with Crippen LogP contribution < -0.4 is 9.47 Å². The van der Waals surface area contributed by atoms with Crippen molar-refractivity contribution >= 4 is 28.0 Å². The maximum Gasteiger partial charge on any atom is 0.331 e. The highest BCUT2D eigenvalue weighted by atomic mass is 32.2. The van der Waals surface area contributed by atoms with Crippen molar-refractivity contribution in [1.29, 1.82) is 0 Å². The molecule has 1 amide bonds. The van der Waals surface area contributed by atoms with Gasteiger partial charge in [-0.15, -0.1) is 0 Å².